The summed E-state index contributed by atoms with van der Waals surface area (Å²) in [6.45, 7) is 0. The molecule has 0 fully saturated rings. The van der Waals surface area contributed by atoms with Crippen LogP contribution in [0.4, 0.5) is 0 Å². The van der Waals surface area contributed by atoms with Crippen molar-refractivity contribution in [2.75, 3.05) is 0 Å². The van der Waals surface area contributed by atoms with Crippen LogP contribution in [-0.2, 0) is 0 Å². The summed E-state index contributed by atoms with van der Waals surface area (Å²) in [6.07, 6.45) is 1.57. The Morgan fingerprint density at radius 3 is 2.19 bits per heavy atom. The molecule has 6 nitrogen and oxygen atoms in total. The normalized spacial score (nSPS) is 11.1. The Bertz CT molecular complexity index is 1170. The Kier molecular flexibility index (Phi) is 3.69. The van der Waals surface area contributed by atoms with Crippen molar-refractivity contribution in [2.45, 2.75) is 0 Å². The van der Waals surface area contributed by atoms with Gasteiger partial charge in [-0.2, -0.15) is 4.98 Å². The lowest BCUT2D eigenvalue weighted by atomic mass is 10.1. The molecular weight excluding hydrogens is 360 g/mol. The van der Waals surface area contributed by atoms with Crippen LogP contribution in [0, 0.1) is 0 Å². The van der Waals surface area contributed by atoms with Crippen molar-refractivity contribution in [1.29, 1.82) is 0 Å². The van der Waals surface area contributed by atoms with Crippen molar-refractivity contribution >= 4 is 22.8 Å². The van der Waals surface area contributed by atoms with E-state index in [1.807, 2.05) is 60.7 Å². The highest BCUT2D eigenvalue weighted by Crippen LogP contribution is 2.33. The van der Waals surface area contributed by atoms with Crippen LogP contribution in [0.25, 0.3) is 45.2 Å². The van der Waals surface area contributed by atoms with Crippen molar-refractivity contribution < 1.29 is 0 Å². The maximum atomic E-state index is 6.09. The molecule has 0 saturated carbocycles. The highest BCUT2D eigenvalue weighted by molar-refractivity contribution is 6.28. The van der Waals surface area contributed by atoms with Gasteiger partial charge >= 0.3 is 0 Å². The molecule has 0 aliphatic carbocycles. The van der Waals surface area contributed by atoms with Crippen molar-refractivity contribution in [3.63, 3.8) is 0 Å². The van der Waals surface area contributed by atoms with Gasteiger partial charge in [0.2, 0.25) is 5.28 Å². The molecule has 2 N–H and O–H groups in total. The van der Waals surface area contributed by atoms with Gasteiger partial charge in [0.05, 0.1) is 17.7 Å². The van der Waals surface area contributed by atoms with Gasteiger partial charge in [0, 0.05) is 11.1 Å². The maximum absolute atomic E-state index is 6.09. The zero-order chi connectivity index (χ0) is 18.2. The first-order chi connectivity index (χ1) is 13.3. The third kappa shape index (κ3) is 2.76. The molecule has 2 aromatic carbocycles. The fourth-order valence-electron chi connectivity index (χ4n) is 3.08. The van der Waals surface area contributed by atoms with Crippen LogP contribution in [0.3, 0.4) is 0 Å². The Balaban J connectivity index is 1.77. The van der Waals surface area contributed by atoms with Crippen LogP contribution < -0.4 is 0 Å². The largest absolute Gasteiger partial charge is 0.341 e. The minimum absolute atomic E-state index is 0.128. The molecule has 0 atom stereocenters. The van der Waals surface area contributed by atoms with E-state index >= 15 is 0 Å². The first kappa shape index (κ1) is 15.7. The second-order valence-electron chi connectivity index (χ2n) is 5.98. The molecular formula is C20H13ClN6. The van der Waals surface area contributed by atoms with E-state index in [9.17, 15) is 0 Å². The van der Waals surface area contributed by atoms with Gasteiger partial charge in [0.15, 0.2) is 11.5 Å². The number of nitrogens with one attached hydrogen (secondary N) is 2. The number of benzene rings is 2. The number of aromatic nitrogens is 6. The van der Waals surface area contributed by atoms with Crippen molar-refractivity contribution in [1.82, 2.24) is 29.9 Å². The number of hydrogen-bond acceptors (Lipinski definition) is 4. The Hall–Kier alpha value is -3.51. The first-order valence-corrected chi connectivity index (χ1v) is 8.75. The van der Waals surface area contributed by atoms with Gasteiger partial charge in [-0.25, -0.2) is 15.0 Å². The van der Waals surface area contributed by atoms with Crippen LogP contribution in [0.5, 0.6) is 0 Å². The Labute approximate surface area is 159 Å². The van der Waals surface area contributed by atoms with E-state index in [-0.39, 0.29) is 5.28 Å². The van der Waals surface area contributed by atoms with E-state index in [2.05, 4.69) is 24.9 Å². The molecule has 0 aliphatic heterocycles. The number of aromatic amines is 2. The predicted molar refractivity (Wildman–Crippen MR) is 105 cm³/mol. The monoisotopic (exact) mass is 372 g/mol. The molecule has 0 bridgehead atoms. The third-order valence-electron chi connectivity index (χ3n) is 4.30. The van der Waals surface area contributed by atoms with Gasteiger partial charge < -0.3 is 9.97 Å². The summed E-state index contributed by atoms with van der Waals surface area (Å²) >= 11 is 6.09. The highest BCUT2D eigenvalue weighted by atomic mass is 35.5. The van der Waals surface area contributed by atoms with E-state index in [0.717, 1.165) is 22.5 Å². The molecule has 27 heavy (non-hydrogen) atoms. The second-order valence-corrected chi connectivity index (χ2v) is 6.32. The number of rotatable bonds is 3. The van der Waals surface area contributed by atoms with Crippen molar-refractivity contribution in [3.8, 4) is 34.0 Å². The molecule has 0 spiro atoms. The zero-order valence-electron chi connectivity index (χ0n) is 14.0. The van der Waals surface area contributed by atoms with Crippen LogP contribution in [0.2, 0.25) is 5.28 Å². The summed E-state index contributed by atoms with van der Waals surface area (Å²) in [5, 5.41) is 0.128. The van der Waals surface area contributed by atoms with Gasteiger partial charge in [0.25, 0.3) is 0 Å². The molecule has 5 aromatic rings. The second kappa shape index (κ2) is 6.34. The highest BCUT2D eigenvalue weighted by Gasteiger charge is 2.19. The summed E-state index contributed by atoms with van der Waals surface area (Å²) < 4.78 is 0. The van der Waals surface area contributed by atoms with Crippen LogP contribution >= 0.6 is 11.6 Å². The zero-order valence-corrected chi connectivity index (χ0v) is 14.8. The lowest BCUT2D eigenvalue weighted by Crippen LogP contribution is -1.92. The molecule has 0 amide bonds. The average Bonchev–Trinajstić information content (AvgIpc) is 3.36. The topological polar surface area (TPSA) is 83.1 Å². The van der Waals surface area contributed by atoms with Gasteiger partial charge in [-0.1, -0.05) is 60.7 Å². The fraction of sp³-hybridized carbons (Fsp3) is 0. The minimum Gasteiger partial charge on any atom is -0.341 e. The molecule has 5 rings (SSSR count). The van der Waals surface area contributed by atoms with Gasteiger partial charge in [0.1, 0.15) is 11.2 Å². The predicted octanol–water partition coefficient (Wildman–Crippen LogP) is 4.73. The number of H-pyrrole nitrogens is 2. The van der Waals surface area contributed by atoms with Crippen LogP contribution in [0.15, 0.2) is 67.0 Å². The molecule has 0 unspecified atom stereocenters. The number of halogens is 1. The first-order valence-electron chi connectivity index (χ1n) is 8.37. The minimum atomic E-state index is 0.128. The summed E-state index contributed by atoms with van der Waals surface area (Å²) in [5.41, 5.74) is 5.59. The molecule has 0 radical (unpaired) electrons. The maximum Gasteiger partial charge on any atom is 0.225 e. The van der Waals surface area contributed by atoms with E-state index in [0.29, 0.717) is 22.7 Å². The molecule has 0 saturated heterocycles. The van der Waals surface area contributed by atoms with Crippen LogP contribution in [-0.4, -0.2) is 29.9 Å². The quantitative estimate of drug-likeness (QED) is 0.448. The Morgan fingerprint density at radius 2 is 1.44 bits per heavy atom. The SMILES string of the molecule is Clc1nc(-c2nc(-c3ccccc3)c(-c3ccccc3)[nH]2)c2[nH]cnc2n1. The number of fused-ring (bicyclic) bond motifs is 1. The molecule has 7 heteroatoms. The molecule has 3 aromatic heterocycles. The van der Waals surface area contributed by atoms with E-state index < -0.39 is 0 Å². The summed E-state index contributed by atoms with van der Waals surface area (Å²) in [7, 11) is 0. The van der Waals surface area contributed by atoms with Gasteiger partial charge in [-0.3, -0.25) is 0 Å². The van der Waals surface area contributed by atoms with Gasteiger partial charge in [-0.15, -0.1) is 0 Å². The van der Waals surface area contributed by atoms with Crippen LogP contribution in [0.1, 0.15) is 0 Å². The molecule has 130 valence electrons. The van der Waals surface area contributed by atoms with E-state index in [1.165, 1.54) is 0 Å². The molecule has 3 heterocycles. The average molecular weight is 373 g/mol. The van der Waals surface area contributed by atoms with Crippen molar-refractivity contribution in [3.05, 3.63) is 72.3 Å². The fourth-order valence-corrected chi connectivity index (χ4v) is 3.25. The summed E-state index contributed by atoms with van der Waals surface area (Å²) in [6, 6.07) is 20.1. The lowest BCUT2D eigenvalue weighted by Gasteiger charge is -2.02. The Morgan fingerprint density at radius 1 is 0.741 bits per heavy atom. The number of nitrogens with zero attached hydrogens (tertiary/aromatic N) is 4. The standard InChI is InChI=1S/C20H13ClN6/c21-20-26-17(16-18(27-20)23-11-22-16)19-24-14(12-7-3-1-4-8-12)15(25-19)13-9-5-2-6-10-13/h1-11H,(H,24,25)(H,22,23,26,27). The summed E-state index contributed by atoms with van der Waals surface area (Å²) in [4.78, 5) is 24.0. The number of imidazole rings is 2. The lowest BCUT2D eigenvalue weighted by molar-refractivity contribution is 1.17. The molecule has 0 aliphatic rings. The van der Waals surface area contributed by atoms with Gasteiger partial charge in [-0.05, 0) is 11.6 Å². The number of hydrogen-bond donors (Lipinski definition) is 2. The van der Waals surface area contributed by atoms with E-state index in [1.54, 1.807) is 6.33 Å². The van der Waals surface area contributed by atoms with Crippen molar-refractivity contribution in [2.24, 2.45) is 0 Å². The van der Waals surface area contributed by atoms with E-state index in [4.69, 9.17) is 16.6 Å². The smallest absolute Gasteiger partial charge is 0.225 e. The summed E-state index contributed by atoms with van der Waals surface area (Å²) in [5.74, 6) is 0.603. The third-order valence-corrected chi connectivity index (χ3v) is 4.47.